The van der Waals surface area contributed by atoms with E-state index in [0.29, 0.717) is 0 Å². The van der Waals surface area contributed by atoms with Crippen molar-refractivity contribution in [2.24, 2.45) is 0 Å². The second-order valence-corrected chi connectivity index (χ2v) is 12.7. The minimum Gasteiger partial charge on any atom is -0.344 e. The van der Waals surface area contributed by atoms with Crippen molar-refractivity contribution in [3.05, 3.63) is 151 Å². The fourth-order valence-corrected chi connectivity index (χ4v) is 7.83. The first-order chi connectivity index (χ1) is 21.5. The van der Waals surface area contributed by atoms with Gasteiger partial charge >= 0.3 is 0 Å². The number of benzene rings is 7. The maximum atomic E-state index is 2.46. The third-order valence-corrected chi connectivity index (χ3v) is 9.93. The molecule has 0 bridgehead atoms. The molecule has 9 rings (SSSR count). The number of hydrogen-bond acceptors (Lipinski definition) is 1. The van der Waals surface area contributed by atoms with Crippen molar-refractivity contribution in [3.8, 4) is 16.8 Å². The monoisotopic (exact) mass is 564 g/mol. The van der Waals surface area contributed by atoms with Gasteiger partial charge in [0, 0.05) is 45.7 Å². The molecule has 210 valence electrons. The Morgan fingerprint density at radius 3 is 2.16 bits per heavy atom. The second-order valence-electron chi connectivity index (χ2n) is 12.7. The van der Waals surface area contributed by atoms with Gasteiger partial charge in [-0.05, 0) is 86.9 Å². The molecule has 0 radical (unpaired) electrons. The summed E-state index contributed by atoms with van der Waals surface area (Å²) in [6.45, 7) is 4.76. The minimum absolute atomic E-state index is 0.0724. The van der Waals surface area contributed by atoms with Crippen molar-refractivity contribution < 1.29 is 0 Å². The Morgan fingerprint density at radius 2 is 1.27 bits per heavy atom. The lowest BCUT2D eigenvalue weighted by Gasteiger charge is -2.23. The van der Waals surface area contributed by atoms with E-state index in [4.69, 9.17) is 0 Å². The van der Waals surface area contributed by atoms with Crippen molar-refractivity contribution in [1.82, 2.24) is 4.57 Å². The van der Waals surface area contributed by atoms with Gasteiger partial charge in [0.1, 0.15) is 0 Å². The van der Waals surface area contributed by atoms with Crippen LogP contribution in [-0.2, 0) is 5.41 Å². The zero-order valence-electron chi connectivity index (χ0n) is 25.2. The van der Waals surface area contributed by atoms with Gasteiger partial charge in [0.2, 0.25) is 0 Å². The fourth-order valence-electron chi connectivity index (χ4n) is 7.83. The molecule has 7 aromatic carbocycles. The van der Waals surface area contributed by atoms with Gasteiger partial charge in [-0.1, -0.05) is 105 Å². The normalized spacial score (nSPS) is 13.5. The molecule has 2 heteroatoms. The van der Waals surface area contributed by atoms with E-state index in [1.807, 2.05) is 0 Å². The molecule has 0 spiro atoms. The highest BCUT2D eigenvalue weighted by molar-refractivity contribution is 6.16. The van der Waals surface area contributed by atoms with Crippen LogP contribution in [0, 0.1) is 0 Å². The van der Waals surface area contributed by atoms with Gasteiger partial charge in [-0.25, -0.2) is 0 Å². The van der Waals surface area contributed by atoms with Crippen molar-refractivity contribution in [2.75, 3.05) is 11.9 Å². The van der Waals surface area contributed by atoms with Crippen LogP contribution in [0.3, 0.4) is 0 Å². The zero-order chi connectivity index (χ0) is 29.6. The number of para-hydroxylation sites is 1. The molecular weight excluding hydrogens is 532 g/mol. The van der Waals surface area contributed by atoms with Gasteiger partial charge in [-0.15, -0.1) is 0 Å². The van der Waals surface area contributed by atoms with Gasteiger partial charge in [0.25, 0.3) is 0 Å². The molecule has 0 aliphatic heterocycles. The molecule has 0 amide bonds. The van der Waals surface area contributed by atoms with Crippen LogP contribution in [-0.4, -0.2) is 11.6 Å². The first-order valence-corrected chi connectivity index (χ1v) is 15.4. The molecule has 0 saturated carbocycles. The Kier molecular flexibility index (Phi) is 5.20. The van der Waals surface area contributed by atoms with E-state index in [1.165, 1.54) is 82.7 Å². The lowest BCUT2D eigenvalue weighted by atomic mass is 9.80. The highest BCUT2D eigenvalue weighted by Gasteiger charge is 2.36. The number of fused-ring (bicyclic) bond motifs is 9. The Morgan fingerprint density at radius 1 is 0.523 bits per heavy atom. The molecule has 1 aromatic heterocycles. The van der Waals surface area contributed by atoms with Crippen molar-refractivity contribution in [2.45, 2.75) is 19.3 Å². The first kappa shape index (κ1) is 25.2. The highest BCUT2D eigenvalue weighted by atomic mass is 15.1. The van der Waals surface area contributed by atoms with Crippen LogP contribution in [0.25, 0.3) is 60.2 Å². The van der Waals surface area contributed by atoms with E-state index >= 15 is 0 Å². The number of nitrogens with zero attached hydrogens (tertiary/aromatic N) is 2. The summed E-state index contributed by atoms with van der Waals surface area (Å²) in [5, 5.41) is 7.67. The molecule has 2 nitrogen and oxygen atoms in total. The van der Waals surface area contributed by atoms with Crippen LogP contribution in [0.4, 0.5) is 11.4 Å². The van der Waals surface area contributed by atoms with E-state index in [1.54, 1.807) is 0 Å². The van der Waals surface area contributed by atoms with Crippen LogP contribution in [0.2, 0.25) is 0 Å². The summed E-state index contributed by atoms with van der Waals surface area (Å²) in [4.78, 5) is 2.32. The average molecular weight is 565 g/mol. The SMILES string of the molecule is CN(c1ccc2c(c1)c1cc3ccc4c(c3cc1n2-c1ccccc1)C(C)(C)c1ccccc1-4)c1cccc2ccccc12. The van der Waals surface area contributed by atoms with Crippen LogP contribution in [0.15, 0.2) is 140 Å². The number of rotatable bonds is 3. The van der Waals surface area contributed by atoms with Gasteiger partial charge in [-0.3, -0.25) is 0 Å². The third kappa shape index (κ3) is 3.43. The molecule has 8 aromatic rings. The summed E-state index contributed by atoms with van der Waals surface area (Å²) in [6.07, 6.45) is 0. The Balaban J connectivity index is 1.33. The van der Waals surface area contributed by atoms with E-state index in [9.17, 15) is 0 Å². The number of hydrogen-bond donors (Lipinski definition) is 0. The molecule has 44 heavy (non-hydrogen) atoms. The van der Waals surface area contributed by atoms with Crippen LogP contribution in [0.1, 0.15) is 25.0 Å². The summed E-state index contributed by atoms with van der Waals surface area (Å²) in [5.41, 5.74) is 11.5. The molecule has 0 fully saturated rings. The highest BCUT2D eigenvalue weighted by Crippen LogP contribution is 2.52. The second kappa shape index (κ2) is 9.08. The minimum atomic E-state index is -0.0724. The Bertz CT molecular complexity index is 2420. The summed E-state index contributed by atoms with van der Waals surface area (Å²) in [7, 11) is 2.18. The maximum absolute atomic E-state index is 2.46. The first-order valence-electron chi connectivity index (χ1n) is 15.4. The van der Waals surface area contributed by atoms with Crippen LogP contribution in [0.5, 0.6) is 0 Å². The third-order valence-electron chi connectivity index (χ3n) is 9.93. The predicted octanol–water partition coefficient (Wildman–Crippen LogP) is 11.2. The van der Waals surface area contributed by atoms with E-state index in [0.717, 1.165) is 0 Å². The van der Waals surface area contributed by atoms with Crippen molar-refractivity contribution in [1.29, 1.82) is 0 Å². The average Bonchev–Trinajstić information content (AvgIpc) is 3.51. The van der Waals surface area contributed by atoms with Gasteiger partial charge in [-0.2, -0.15) is 0 Å². The lowest BCUT2D eigenvalue weighted by molar-refractivity contribution is 0.666. The predicted molar refractivity (Wildman–Crippen MR) is 188 cm³/mol. The topological polar surface area (TPSA) is 8.17 Å². The van der Waals surface area contributed by atoms with Gasteiger partial charge in [0.15, 0.2) is 0 Å². The fraction of sp³-hybridized carbons (Fsp3) is 0.0952. The number of aromatic nitrogens is 1. The summed E-state index contributed by atoms with van der Waals surface area (Å²) < 4.78 is 2.44. The van der Waals surface area contributed by atoms with E-state index in [2.05, 4.69) is 170 Å². The Labute approximate surface area is 257 Å². The van der Waals surface area contributed by atoms with Crippen LogP contribution < -0.4 is 4.90 Å². The quantitative estimate of drug-likeness (QED) is 0.207. The molecule has 1 aliphatic rings. The zero-order valence-corrected chi connectivity index (χ0v) is 25.2. The van der Waals surface area contributed by atoms with Gasteiger partial charge in [0.05, 0.1) is 11.0 Å². The number of anilines is 2. The molecule has 0 unspecified atom stereocenters. The van der Waals surface area contributed by atoms with Crippen molar-refractivity contribution in [3.63, 3.8) is 0 Å². The molecule has 0 N–H and O–H groups in total. The van der Waals surface area contributed by atoms with Gasteiger partial charge < -0.3 is 9.47 Å². The van der Waals surface area contributed by atoms with Crippen LogP contribution >= 0.6 is 0 Å². The molecular formula is C42H32N2. The smallest absolute Gasteiger partial charge is 0.0547 e. The standard InChI is InChI=1S/C42H32N2/c1-42(2)37-18-10-9-17-32(37)33-22-20-28-24-35-36-25-30(43(3)38-19-11-13-27-12-7-8-16-31(27)38)21-23-39(36)44(29-14-5-4-6-15-29)40(35)26-34(28)41(33)42/h4-26H,1-3H3. The van der Waals surface area contributed by atoms with Crippen molar-refractivity contribution >= 4 is 54.7 Å². The largest absolute Gasteiger partial charge is 0.344 e. The summed E-state index contributed by atoms with van der Waals surface area (Å²) in [6, 6.07) is 51.4. The molecule has 1 aliphatic carbocycles. The molecule has 0 saturated heterocycles. The maximum Gasteiger partial charge on any atom is 0.0547 e. The van der Waals surface area contributed by atoms with E-state index in [-0.39, 0.29) is 5.41 Å². The molecule has 0 atom stereocenters. The summed E-state index contributed by atoms with van der Waals surface area (Å²) in [5.74, 6) is 0. The lowest BCUT2D eigenvalue weighted by Crippen LogP contribution is -2.15. The van der Waals surface area contributed by atoms with E-state index < -0.39 is 0 Å². The molecule has 1 heterocycles. The Hall–Kier alpha value is -5.34. The summed E-state index contributed by atoms with van der Waals surface area (Å²) >= 11 is 0.